The van der Waals surface area contributed by atoms with E-state index in [1.54, 1.807) is 18.3 Å². The molecule has 0 amide bonds. The smallest absolute Gasteiger partial charge is 0.243 e. The van der Waals surface area contributed by atoms with E-state index in [4.69, 9.17) is 0 Å². The molecule has 5 nitrogen and oxygen atoms in total. The number of nitrogens with one attached hydrogen (secondary N) is 2. The molecule has 2 unspecified atom stereocenters. The molecule has 1 saturated carbocycles. The largest absolute Gasteiger partial charge is 0.316 e. The Morgan fingerprint density at radius 2 is 2.00 bits per heavy atom. The zero-order chi connectivity index (χ0) is 14.6. The molecule has 2 aliphatic rings. The molecule has 1 aliphatic heterocycles. The second kappa shape index (κ2) is 5.45. The predicted molar refractivity (Wildman–Crippen MR) is 87.7 cm³/mol. The first-order valence-corrected chi connectivity index (χ1v) is 8.63. The third-order valence-corrected chi connectivity index (χ3v) is 5.97. The Hall–Kier alpha value is -1.21. The minimum Gasteiger partial charge on any atom is -0.316 e. The molecule has 1 aromatic carbocycles. The molecule has 7 heteroatoms. The number of aryl methyl sites for hydroxylation is 1. The van der Waals surface area contributed by atoms with Gasteiger partial charge in [0.1, 0.15) is 4.90 Å². The molecule has 118 valence electrons. The van der Waals surface area contributed by atoms with Crippen LogP contribution < -0.4 is 10.0 Å². The molecule has 2 fully saturated rings. The number of sulfonamides is 1. The maximum atomic E-state index is 12.6. The number of rotatable bonds is 3. The Kier molecular flexibility index (Phi) is 3.89. The topological polar surface area (TPSA) is 71.1 Å². The Labute approximate surface area is 136 Å². The number of halogens is 1. The zero-order valence-corrected chi connectivity index (χ0v) is 13.7. The number of para-hydroxylation sites is 1. The van der Waals surface area contributed by atoms with Gasteiger partial charge in [-0.15, -0.1) is 12.4 Å². The van der Waals surface area contributed by atoms with Crippen LogP contribution in [-0.4, -0.2) is 32.5 Å². The molecule has 4 rings (SSSR count). The lowest BCUT2D eigenvalue weighted by Gasteiger charge is -2.11. The molecule has 2 heterocycles. The lowest BCUT2D eigenvalue weighted by molar-refractivity contribution is 0.566. The Bertz CT molecular complexity index is 815. The van der Waals surface area contributed by atoms with E-state index in [2.05, 4.69) is 15.0 Å². The maximum absolute atomic E-state index is 12.6. The molecule has 0 spiro atoms. The second-order valence-corrected chi connectivity index (χ2v) is 7.66. The molecule has 0 radical (unpaired) electrons. The van der Waals surface area contributed by atoms with Crippen molar-refractivity contribution in [1.82, 2.24) is 15.0 Å². The van der Waals surface area contributed by atoms with Crippen molar-refractivity contribution in [3.63, 3.8) is 0 Å². The third-order valence-electron chi connectivity index (χ3n) is 4.48. The first kappa shape index (κ1) is 15.7. The molecule has 1 saturated heterocycles. The van der Waals surface area contributed by atoms with E-state index < -0.39 is 10.0 Å². The number of hydrogen-bond acceptors (Lipinski definition) is 4. The van der Waals surface area contributed by atoms with Crippen LogP contribution in [-0.2, 0) is 10.0 Å². The number of pyridine rings is 1. The minimum absolute atomic E-state index is 0. The molecule has 0 bridgehead atoms. The second-order valence-electron chi connectivity index (χ2n) is 5.97. The highest BCUT2D eigenvalue weighted by Gasteiger charge is 2.54. The van der Waals surface area contributed by atoms with Crippen molar-refractivity contribution in [3.8, 4) is 0 Å². The number of aromatic nitrogens is 1. The summed E-state index contributed by atoms with van der Waals surface area (Å²) in [7, 11) is -3.52. The van der Waals surface area contributed by atoms with Gasteiger partial charge in [-0.1, -0.05) is 12.1 Å². The lowest BCUT2D eigenvalue weighted by Crippen LogP contribution is -2.32. The van der Waals surface area contributed by atoms with E-state index in [0.29, 0.717) is 17.4 Å². The average molecular weight is 340 g/mol. The lowest BCUT2D eigenvalue weighted by atomic mass is 10.2. The van der Waals surface area contributed by atoms with E-state index in [-0.39, 0.29) is 23.3 Å². The molecular formula is C15H18ClN3O2S. The van der Waals surface area contributed by atoms with Crippen LogP contribution in [0.2, 0.25) is 0 Å². The Balaban J connectivity index is 0.00000144. The van der Waals surface area contributed by atoms with Crippen molar-refractivity contribution in [2.75, 3.05) is 13.1 Å². The number of piperidine rings is 1. The summed E-state index contributed by atoms with van der Waals surface area (Å²) in [5.74, 6) is 0.898. The molecule has 2 N–H and O–H groups in total. The van der Waals surface area contributed by atoms with E-state index in [1.165, 1.54) is 0 Å². The summed E-state index contributed by atoms with van der Waals surface area (Å²) in [6, 6.07) is 7.33. The van der Waals surface area contributed by atoms with Crippen molar-refractivity contribution in [2.45, 2.75) is 17.9 Å². The van der Waals surface area contributed by atoms with E-state index >= 15 is 0 Å². The summed E-state index contributed by atoms with van der Waals surface area (Å²) in [4.78, 5) is 4.59. The van der Waals surface area contributed by atoms with Gasteiger partial charge in [-0.2, -0.15) is 0 Å². The molecule has 1 aliphatic carbocycles. The zero-order valence-electron chi connectivity index (χ0n) is 12.1. The van der Waals surface area contributed by atoms with Gasteiger partial charge in [-0.05, 0) is 49.5 Å². The number of benzene rings is 1. The van der Waals surface area contributed by atoms with Gasteiger partial charge in [-0.25, -0.2) is 13.1 Å². The van der Waals surface area contributed by atoms with Gasteiger partial charge in [-0.3, -0.25) is 4.98 Å². The van der Waals surface area contributed by atoms with Crippen LogP contribution in [0.25, 0.3) is 10.9 Å². The third kappa shape index (κ3) is 2.50. The Morgan fingerprint density at radius 3 is 2.73 bits per heavy atom. The summed E-state index contributed by atoms with van der Waals surface area (Å²) in [5.41, 5.74) is 1.56. The van der Waals surface area contributed by atoms with Gasteiger partial charge in [0, 0.05) is 17.6 Å². The van der Waals surface area contributed by atoms with Gasteiger partial charge in [0.15, 0.2) is 0 Å². The fraction of sp³-hybridized carbons (Fsp3) is 0.400. The molecule has 1 aromatic heterocycles. The van der Waals surface area contributed by atoms with Crippen LogP contribution in [0.4, 0.5) is 0 Å². The fourth-order valence-corrected chi connectivity index (χ4v) is 4.81. The Morgan fingerprint density at radius 1 is 1.27 bits per heavy atom. The van der Waals surface area contributed by atoms with E-state index in [0.717, 1.165) is 24.0 Å². The first-order valence-electron chi connectivity index (χ1n) is 7.15. The number of nitrogens with zero attached hydrogens (tertiary/aromatic N) is 1. The highest BCUT2D eigenvalue weighted by molar-refractivity contribution is 7.89. The van der Waals surface area contributed by atoms with Gasteiger partial charge in [0.25, 0.3) is 0 Å². The van der Waals surface area contributed by atoms with Crippen molar-refractivity contribution in [3.05, 3.63) is 36.0 Å². The van der Waals surface area contributed by atoms with Crippen LogP contribution in [0.15, 0.2) is 35.4 Å². The van der Waals surface area contributed by atoms with Gasteiger partial charge in [0.05, 0.1) is 5.52 Å². The van der Waals surface area contributed by atoms with Gasteiger partial charge >= 0.3 is 0 Å². The molecule has 2 aromatic rings. The normalized spacial score (nSPS) is 26.5. The van der Waals surface area contributed by atoms with Gasteiger partial charge in [0.2, 0.25) is 10.0 Å². The number of hydrogen-bond donors (Lipinski definition) is 2. The monoisotopic (exact) mass is 339 g/mol. The highest BCUT2D eigenvalue weighted by atomic mass is 35.5. The van der Waals surface area contributed by atoms with Crippen LogP contribution in [0.3, 0.4) is 0 Å². The van der Waals surface area contributed by atoms with Crippen LogP contribution >= 0.6 is 12.4 Å². The highest BCUT2D eigenvalue weighted by Crippen LogP contribution is 2.42. The fourth-order valence-electron chi connectivity index (χ4n) is 3.30. The summed E-state index contributed by atoms with van der Waals surface area (Å²) < 4.78 is 28.1. The van der Waals surface area contributed by atoms with E-state index in [9.17, 15) is 8.42 Å². The summed E-state index contributed by atoms with van der Waals surface area (Å²) in [5, 5.41) is 4.12. The van der Waals surface area contributed by atoms with Crippen molar-refractivity contribution in [1.29, 1.82) is 0 Å². The SMILES string of the molecule is Cc1cnc2c(S(=O)(=O)NC3C4CNCC43)cccc2c1.Cl. The van der Waals surface area contributed by atoms with Gasteiger partial charge < -0.3 is 5.32 Å². The molecule has 22 heavy (non-hydrogen) atoms. The van der Waals surface area contributed by atoms with E-state index in [1.807, 2.05) is 19.1 Å². The average Bonchev–Trinajstić information content (AvgIpc) is 2.87. The van der Waals surface area contributed by atoms with Crippen LogP contribution in [0.1, 0.15) is 5.56 Å². The standard InChI is InChI=1S/C15H17N3O2S.ClH/c1-9-5-10-3-2-4-13(14(10)17-6-9)21(19,20)18-15-11-7-16-8-12(11)15;/h2-6,11-12,15-16,18H,7-8H2,1H3;1H. The predicted octanol–water partition coefficient (Wildman–Crippen LogP) is 1.46. The molecule has 2 atom stereocenters. The van der Waals surface area contributed by atoms with Crippen LogP contribution in [0, 0.1) is 18.8 Å². The van der Waals surface area contributed by atoms with Crippen molar-refractivity contribution in [2.24, 2.45) is 11.8 Å². The van der Waals surface area contributed by atoms with Crippen molar-refractivity contribution >= 4 is 33.3 Å². The molecular weight excluding hydrogens is 322 g/mol. The quantitative estimate of drug-likeness (QED) is 0.888. The maximum Gasteiger partial charge on any atom is 0.243 e. The summed E-state index contributed by atoms with van der Waals surface area (Å²) >= 11 is 0. The number of fused-ring (bicyclic) bond motifs is 2. The summed E-state index contributed by atoms with van der Waals surface area (Å²) in [6.07, 6.45) is 1.71. The summed E-state index contributed by atoms with van der Waals surface area (Å²) in [6.45, 7) is 3.76. The minimum atomic E-state index is -3.52. The first-order chi connectivity index (χ1) is 10.1. The van der Waals surface area contributed by atoms with Crippen LogP contribution in [0.5, 0.6) is 0 Å². The van der Waals surface area contributed by atoms with Crippen molar-refractivity contribution < 1.29 is 8.42 Å².